The zero-order valence-electron chi connectivity index (χ0n) is 10.8. The van der Waals surface area contributed by atoms with Crippen molar-refractivity contribution in [2.75, 3.05) is 6.61 Å². The van der Waals surface area contributed by atoms with Crippen LogP contribution >= 0.6 is 0 Å². The van der Waals surface area contributed by atoms with Gasteiger partial charge < -0.3 is 9.47 Å². The van der Waals surface area contributed by atoms with Gasteiger partial charge in [0, 0.05) is 12.0 Å². The van der Waals surface area contributed by atoms with Gasteiger partial charge in [-0.05, 0) is 19.9 Å². The summed E-state index contributed by atoms with van der Waals surface area (Å²) >= 11 is 0. The van der Waals surface area contributed by atoms with Gasteiger partial charge in [0.15, 0.2) is 18.5 Å². The number of fused-ring (bicyclic) bond motifs is 2. The first-order valence-corrected chi connectivity index (χ1v) is 6.18. The molecule has 0 saturated carbocycles. The fraction of sp³-hybridized carbons (Fsp3) is 0.500. The number of benzene rings is 1. The number of rotatable bonds is 0. The summed E-state index contributed by atoms with van der Waals surface area (Å²) in [4.78, 5) is 4.03. The van der Waals surface area contributed by atoms with Gasteiger partial charge >= 0.3 is 5.92 Å². The van der Waals surface area contributed by atoms with Gasteiger partial charge in [-0.2, -0.15) is 8.78 Å². The molecule has 3 nitrogen and oxygen atoms in total. The van der Waals surface area contributed by atoms with Gasteiger partial charge in [0.2, 0.25) is 0 Å². The monoisotopic (exact) mass is 267 g/mol. The highest BCUT2D eigenvalue weighted by Crippen LogP contribution is 2.54. The molecule has 2 heterocycles. The van der Waals surface area contributed by atoms with E-state index in [4.69, 9.17) is 9.47 Å². The van der Waals surface area contributed by atoms with E-state index in [2.05, 4.69) is 4.99 Å². The number of alkyl halides is 2. The fourth-order valence-electron chi connectivity index (χ4n) is 2.87. The van der Waals surface area contributed by atoms with Gasteiger partial charge in [-0.1, -0.05) is 18.2 Å². The summed E-state index contributed by atoms with van der Waals surface area (Å²) in [7, 11) is 0. The van der Waals surface area contributed by atoms with E-state index in [1.165, 1.54) is 0 Å². The first kappa shape index (κ1) is 12.4. The van der Waals surface area contributed by atoms with Gasteiger partial charge in [-0.3, -0.25) is 0 Å². The minimum atomic E-state index is -3.06. The molecule has 0 aromatic heterocycles. The molecule has 19 heavy (non-hydrogen) atoms. The maximum absolute atomic E-state index is 14.5. The normalized spacial score (nSPS) is 30.3. The van der Waals surface area contributed by atoms with Crippen LogP contribution in [0.1, 0.15) is 25.8 Å². The summed E-state index contributed by atoms with van der Waals surface area (Å²) in [6.07, 6.45) is 1.25. The minimum absolute atomic E-state index is 0.115. The van der Waals surface area contributed by atoms with Crippen LogP contribution in [0.25, 0.3) is 0 Å². The summed E-state index contributed by atoms with van der Waals surface area (Å²) in [5.41, 5.74) is -1.87. The predicted molar refractivity (Wildman–Crippen MR) is 66.8 cm³/mol. The molecule has 1 aromatic rings. The van der Waals surface area contributed by atoms with Crippen LogP contribution in [-0.4, -0.2) is 24.5 Å². The lowest BCUT2D eigenvalue weighted by atomic mass is 9.73. The van der Waals surface area contributed by atoms with Gasteiger partial charge in [0.25, 0.3) is 0 Å². The Kier molecular flexibility index (Phi) is 2.40. The first-order chi connectivity index (χ1) is 8.86. The second-order valence-electron chi connectivity index (χ2n) is 5.64. The molecule has 2 aliphatic heterocycles. The van der Waals surface area contributed by atoms with Crippen LogP contribution in [0.4, 0.5) is 8.78 Å². The topological polar surface area (TPSA) is 30.8 Å². The molecular formula is C14H15F2NO2. The van der Waals surface area contributed by atoms with Gasteiger partial charge in [0.1, 0.15) is 11.4 Å². The maximum atomic E-state index is 14.5. The lowest BCUT2D eigenvalue weighted by Crippen LogP contribution is -2.56. The Morgan fingerprint density at radius 2 is 1.95 bits per heavy atom. The number of halogens is 2. The molecule has 0 unspecified atom stereocenters. The Hall–Kier alpha value is -1.65. The summed E-state index contributed by atoms with van der Waals surface area (Å²) < 4.78 is 39.5. The Balaban J connectivity index is 2.25. The number of nitrogens with zero attached hydrogens (tertiary/aromatic N) is 1. The molecule has 3 rings (SSSR count). The van der Waals surface area contributed by atoms with E-state index in [9.17, 15) is 8.78 Å². The zero-order valence-corrected chi connectivity index (χ0v) is 10.8. The van der Waals surface area contributed by atoms with Crippen molar-refractivity contribution >= 4 is 6.40 Å². The van der Waals surface area contributed by atoms with E-state index in [1.807, 2.05) is 0 Å². The molecule has 1 aromatic carbocycles. The van der Waals surface area contributed by atoms with Crippen molar-refractivity contribution in [3.05, 3.63) is 29.8 Å². The molecule has 1 spiro atoms. The highest BCUT2D eigenvalue weighted by Gasteiger charge is 2.62. The predicted octanol–water partition coefficient (Wildman–Crippen LogP) is 3.14. The quantitative estimate of drug-likeness (QED) is 0.723. The standard InChI is InChI=1S/C14H15F2NO2/c1-12(2)7-13(14(15,16)8-18-9-17-13)10-5-3-4-6-11(10)19-12/h3-6,9H,7-8H2,1-2H3/t13-/m1/s1. The Morgan fingerprint density at radius 1 is 1.21 bits per heavy atom. The lowest BCUT2D eigenvalue weighted by Gasteiger charge is -2.47. The summed E-state index contributed by atoms with van der Waals surface area (Å²) in [5, 5.41) is 0. The third-order valence-corrected chi connectivity index (χ3v) is 3.62. The molecule has 0 bridgehead atoms. The third kappa shape index (κ3) is 1.71. The maximum Gasteiger partial charge on any atom is 0.310 e. The van der Waals surface area contributed by atoms with Crippen LogP contribution in [0.2, 0.25) is 0 Å². The number of hydrogen-bond acceptors (Lipinski definition) is 3. The average molecular weight is 267 g/mol. The number of hydrogen-bond donors (Lipinski definition) is 0. The van der Waals surface area contributed by atoms with Gasteiger partial charge in [0.05, 0.1) is 0 Å². The second-order valence-corrected chi connectivity index (χ2v) is 5.64. The van der Waals surface area contributed by atoms with Crippen molar-refractivity contribution in [3.8, 4) is 5.75 Å². The molecular weight excluding hydrogens is 252 g/mol. The molecule has 5 heteroatoms. The molecule has 1 atom stereocenters. The van der Waals surface area contributed by atoms with Crippen molar-refractivity contribution in [2.45, 2.75) is 37.3 Å². The largest absolute Gasteiger partial charge is 0.487 e. The molecule has 0 N–H and O–H groups in total. The van der Waals surface area contributed by atoms with Crippen molar-refractivity contribution in [3.63, 3.8) is 0 Å². The van der Waals surface area contributed by atoms with E-state index < -0.39 is 23.7 Å². The molecule has 0 amide bonds. The summed E-state index contributed by atoms with van der Waals surface area (Å²) in [5.74, 6) is -2.59. The van der Waals surface area contributed by atoms with Crippen molar-refractivity contribution < 1.29 is 18.3 Å². The van der Waals surface area contributed by atoms with E-state index in [1.54, 1.807) is 38.1 Å². The molecule has 0 aliphatic carbocycles. The van der Waals surface area contributed by atoms with Crippen molar-refractivity contribution in [1.82, 2.24) is 0 Å². The third-order valence-electron chi connectivity index (χ3n) is 3.62. The average Bonchev–Trinajstić information content (AvgIpc) is 2.31. The Morgan fingerprint density at radius 3 is 2.68 bits per heavy atom. The highest BCUT2D eigenvalue weighted by atomic mass is 19.3. The van der Waals surface area contributed by atoms with Crippen LogP contribution in [0.3, 0.4) is 0 Å². The first-order valence-electron chi connectivity index (χ1n) is 6.18. The van der Waals surface area contributed by atoms with Gasteiger partial charge in [-0.25, -0.2) is 4.99 Å². The number of aliphatic imine (C=N–C) groups is 1. The molecule has 102 valence electrons. The summed E-state index contributed by atoms with van der Waals surface area (Å²) in [6.45, 7) is 2.94. The molecule has 0 fully saturated rings. The van der Waals surface area contributed by atoms with Crippen LogP contribution in [0, 0.1) is 0 Å². The van der Waals surface area contributed by atoms with E-state index in [-0.39, 0.29) is 6.42 Å². The fourth-order valence-corrected chi connectivity index (χ4v) is 2.87. The highest BCUT2D eigenvalue weighted by molar-refractivity contribution is 5.54. The molecule has 0 saturated heterocycles. The lowest BCUT2D eigenvalue weighted by molar-refractivity contribution is -0.145. The van der Waals surface area contributed by atoms with Crippen molar-refractivity contribution in [2.24, 2.45) is 4.99 Å². The SMILES string of the molecule is CC1(C)C[C@@]2(N=COCC2(F)F)c2ccccc2O1. The Labute approximate surface area is 110 Å². The zero-order chi connectivity index (χ0) is 13.7. The van der Waals surface area contributed by atoms with Crippen molar-refractivity contribution in [1.29, 1.82) is 0 Å². The number of ether oxygens (including phenoxy) is 2. The summed E-state index contributed by atoms with van der Waals surface area (Å²) in [6, 6.07) is 6.86. The van der Waals surface area contributed by atoms with Crippen LogP contribution in [0.15, 0.2) is 29.3 Å². The molecule has 0 radical (unpaired) electrons. The Bertz CT molecular complexity index is 542. The second kappa shape index (κ2) is 3.68. The van der Waals surface area contributed by atoms with Gasteiger partial charge in [-0.15, -0.1) is 0 Å². The number of para-hydroxylation sites is 1. The smallest absolute Gasteiger partial charge is 0.310 e. The van der Waals surface area contributed by atoms with Crippen LogP contribution in [0.5, 0.6) is 5.75 Å². The van der Waals surface area contributed by atoms with E-state index in [0.717, 1.165) is 6.40 Å². The van der Waals surface area contributed by atoms with E-state index in [0.29, 0.717) is 11.3 Å². The van der Waals surface area contributed by atoms with Crippen LogP contribution < -0.4 is 4.74 Å². The van der Waals surface area contributed by atoms with Crippen LogP contribution in [-0.2, 0) is 10.3 Å². The molecule has 2 aliphatic rings. The van der Waals surface area contributed by atoms with E-state index >= 15 is 0 Å². The minimum Gasteiger partial charge on any atom is -0.487 e.